The Balaban J connectivity index is 1.59. The van der Waals surface area contributed by atoms with E-state index >= 15 is 0 Å². The number of hydrogen-bond acceptors (Lipinski definition) is 3. The number of ether oxygens (including phenoxy) is 1. The fraction of sp³-hybridized carbons (Fsp3) is 0.409. The Morgan fingerprint density at radius 2 is 1.93 bits per heavy atom. The van der Waals surface area contributed by atoms with Gasteiger partial charge in [0, 0.05) is 11.6 Å². The minimum Gasteiger partial charge on any atom is -0.444 e. The Hall–Kier alpha value is -2.11. The van der Waals surface area contributed by atoms with Crippen LogP contribution in [0.4, 0.5) is 14.9 Å². The Labute approximate surface area is 169 Å². The molecule has 3 saturated heterocycles. The molecule has 2 aromatic rings. The number of halogens is 2. The Bertz CT molecular complexity index is 850. The minimum atomic E-state index is -0.502. The molecule has 6 heteroatoms. The molecule has 3 heterocycles. The normalized spacial score (nSPS) is 23.5. The molecule has 0 spiro atoms. The zero-order valence-electron chi connectivity index (χ0n) is 15.9. The van der Waals surface area contributed by atoms with Crippen molar-refractivity contribution in [3.8, 4) is 0 Å². The van der Waals surface area contributed by atoms with Crippen molar-refractivity contribution in [1.29, 1.82) is 0 Å². The molecule has 148 valence electrons. The van der Waals surface area contributed by atoms with Gasteiger partial charge < -0.3 is 4.74 Å². The summed E-state index contributed by atoms with van der Waals surface area (Å²) in [5.41, 5.74) is 1.98. The van der Waals surface area contributed by atoms with Gasteiger partial charge in [-0.3, -0.25) is 9.80 Å². The quantitative estimate of drug-likeness (QED) is 0.719. The van der Waals surface area contributed by atoms with Gasteiger partial charge in [0.2, 0.25) is 0 Å². The Morgan fingerprint density at radius 1 is 1.21 bits per heavy atom. The molecular weight excluding hydrogens is 379 g/mol. The zero-order valence-corrected chi connectivity index (χ0v) is 16.7. The number of fused-ring (bicyclic) bond motifs is 3. The van der Waals surface area contributed by atoms with E-state index in [1.165, 1.54) is 11.0 Å². The molecule has 2 aromatic carbocycles. The number of benzene rings is 2. The number of anilines is 1. The van der Waals surface area contributed by atoms with Gasteiger partial charge in [-0.2, -0.15) is 0 Å². The van der Waals surface area contributed by atoms with Crippen LogP contribution < -0.4 is 4.90 Å². The number of hydrogen-bond donors (Lipinski definition) is 0. The molecule has 2 bridgehead atoms. The van der Waals surface area contributed by atoms with Crippen LogP contribution in [0.2, 0.25) is 5.02 Å². The van der Waals surface area contributed by atoms with Crippen molar-refractivity contribution in [2.75, 3.05) is 24.5 Å². The van der Waals surface area contributed by atoms with Gasteiger partial charge >= 0.3 is 6.09 Å². The third kappa shape index (κ3) is 4.15. The SMILES string of the molecule is Cc1ccc(F)c(N(Cc2ccc(Cl)cc2)C(=O)O[C@H]2CN3CCC2CC3)c1. The van der Waals surface area contributed by atoms with Crippen LogP contribution in [0.3, 0.4) is 0 Å². The smallest absolute Gasteiger partial charge is 0.415 e. The monoisotopic (exact) mass is 402 g/mol. The first-order valence-corrected chi connectivity index (χ1v) is 10.1. The second kappa shape index (κ2) is 8.10. The molecule has 5 rings (SSSR count). The van der Waals surface area contributed by atoms with E-state index < -0.39 is 11.9 Å². The lowest BCUT2D eigenvalue weighted by molar-refractivity contribution is -0.0311. The fourth-order valence-corrected chi connectivity index (χ4v) is 4.21. The van der Waals surface area contributed by atoms with Crippen molar-refractivity contribution < 1.29 is 13.9 Å². The first kappa shape index (κ1) is 19.2. The summed E-state index contributed by atoms with van der Waals surface area (Å²) in [5.74, 6) is -0.0425. The maximum atomic E-state index is 14.6. The van der Waals surface area contributed by atoms with E-state index in [9.17, 15) is 9.18 Å². The van der Waals surface area contributed by atoms with E-state index in [0.717, 1.165) is 43.6 Å². The lowest BCUT2D eigenvalue weighted by Crippen LogP contribution is -2.53. The van der Waals surface area contributed by atoms with Gasteiger partial charge in [0.25, 0.3) is 0 Å². The summed E-state index contributed by atoms with van der Waals surface area (Å²) in [7, 11) is 0. The number of nitrogens with zero attached hydrogens (tertiary/aromatic N) is 2. The van der Waals surface area contributed by atoms with Crippen molar-refractivity contribution in [1.82, 2.24) is 4.90 Å². The van der Waals surface area contributed by atoms with E-state index in [1.807, 2.05) is 19.1 Å². The maximum Gasteiger partial charge on any atom is 0.415 e. The van der Waals surface area contributed by atoms with Crippen molar-refractivity contribution in [3.63, 3.8) is 0 Å². The predicted molar refractivity (Wildman–Crippen MR) is 108 cm³/mol. The first-order chi connectivity index (χ1) is 13.5. The minimum absolute atomic E-state index is 0.129. The molecule has 0 N–H and O–H groups in total. The van der Waals surface area contributed by atoms with Gasteiger partial charge in [0.1, 0.15) is 11.9 Å². The lowest BCUT2D eigenvalue weighted by atomic mass is 9.86. The number of aryl methyl sites for hydroxylation is 1. The molecule has 28 heavy (non-hydrogen) atoms. The molecule has 1 atom stereocenters. The van der Waals surface area contributed by atoms with Gasteiger partial charge in [-0.15, -0.1) is 0 Å². The van der Waals surface area contributed by atoms with E-state index in [1.54, 1.807) is 24.3 Å². The second-order valence-corrected chi connectivity index (χ2v) is 8.16. The zero-order chi connectivity index (χ0) is 19.7. The molecule has 3 fully saturated rings. The number of rotatable bonds is 4. The molecular formula is C22H24ClFN2O2. The topological polar surface area (TPSA) is 32.8 Å². The number of amides is 1. The molecule has 0 unspecified atom stereocenters. The van der Waals surface area contributed by atoms with Crippen molar-refractivity contribution in [2.24, 2.45) is 5.92 Å². The van der Waals surface area contributed by atoms with Gasteiger partial charge in [-0.05, 0) is 74.2 Å². The summed E-state index contributed by atoms with van der Waals surface area (Å²) in [5, 5.41) is 0.617. The number of carbonyl (C=O) groups excluding carboxylic acids is 1. The van der Waals surface area contributed by atoms with E-state index in [2.05, 4.69) is 4.90 Å². The molecule has 0 radical (unpaired) electrons. The standard InChI is InChI=1S/C22H24ClFN2O2/c1-15-2-7-19(24)20(12-15)26(13-16-3-5-18(23)6-4-16)22(27)28-21-14-25-10-8-17(21)9-11-25/h2-7,12,17,21H,8-11,13-14H2,1H3/t21-/m0/s1. The van der Waals surface area contributed by atoms with Crippen LogP contribution in [0, 0.1) is 18.7 Å². The van der Waals surface area contributed by atoms with Crippen molar-refractivity contribution in [3.05, 3.63) is 64.4 Å². The van der Waals surface area contributed by atoms with Gasteiger partial charge in [0.05, 0.1) is 12.2 Å². The predicted octanol–water partition coefficient (Wildman–Crippen LogP) is 5.02. The first-order valence-electron chi connectivity index (χ1n) is 9.71. The molecule has 3 aliphatic heterocycles. The van der Waals surface area contributed by atoms with Crippen LogP contribution >= 0.6 is 11.6 Å². The maximum absolute atomic E-state index is 14.6. The van der Waals surface area contributed by atoms with E-state index in [-0.39, 0.29) is 18.3 Å². The van der Waals surface area contributed by atoms with Crippen LogP contribution in [-0.2, 0) is 11.3 Å². The summed E-state index contributed by atoms with van der Waals surface area (Å²) in [6, 6.07) is 12.0. The molecule has 0 saturated carbocycles. The van der Waals surface area contributed by atoms with Crippen molar-refractivity contribution in [2.45, 2.75) is 32.4 Å². The summed E-state index contributed by atoms with van der Waals surface area (Å²) >= 11 is 5.97. The molecule has 0 aromatic heterocycles. The second-order valence-electron chi connectivity index (χ2n) is 7.73. The summed E-state index contributed by atoms with van der Waals surface area (Å²) in [6.45, 7) is 5.00. The highest BCUT2D eigenvalue weighted by atomic mass is 35.5. The Morgan fingerprint density at radius 3 is 2.57 bits per heavy atom. The number of piperidine rings is 3. The van der Waals surface area contributed by atoms with Crippen LogP contribution in [0.25, 0.3) is 0 Å². The van der Waals surface area contributed by atoms with Gasteiger partial charge in [0.15, 0.2) is 0 Å². The summed E-state index contributed by atoms with van der Waals surface area (Å²) in [4.78, 5) is 16.8. The lowest BCUT2D eigenvalue weighted by Gasteiger charge is -2.44. The fourth-order valence-electron chi connectivity index (χ4n) is 4.09. The van der Waals surface area contributed by atoms with Crippen LogP contribution in [0.15, 0.2) is 42.5 Å². The van der Waals surface area contributed by atoms with E-state index in [4.69, 9.17) is 16.3 Å². The highest BCUT2D eigenvalue weighted by molar-refractivity contribution is 6.30. The van der Waals surface area contributed by atoms with Gasteiger partial charge in [-0.25, -0.2) is 9.18 Å². The highest BCUT2D eigenvalue weighted by Gasteiger charge is 2.37. The molecule has 4 nitrogen and oxygen atoms in total. The molecule has 0 aliphatic carbocycles. The van der Waals surface area contributed by atoms with Crippen LogP contribution in [0.5, 0.6) is 0 Å². The summed E-state index contributed by atoms with van der Waals surface area (Å²) in [6.07, 6.45) is 1.47. The molecule has 3 aliphatic rings. The average Bonchev–Trinajstić information content (AvgIpc) is 2.70. The largest absolute Gasteiger partial charge is 0.444 e. The number of carbonyl (C=O) groups is 1. The van der Waals surface area contributed by atoms with Gasteiger partial charge in [-0.1, -0.05) is 29.8 Å². The van der Waals surface area contributed by atoms with Crippen molar-refractivity contribution >= 4 is 23.4 Å². The third-order valence-electron chi connectivity index (χ3n) is 5.72. The Kier molecular flexibility index (Phi) is 5.56. The highest BCUT2D eigenvalue weighted by Crippen LogP contribution is 2.31. The third-order valence-corrected chi connectivity index (χ3v) is 5.97. The van der Waals surface area contributed by atoms with E-state index in [0.29, 0.717) is 10.9 Å². The average molecular weight is 403 g/mol. The van der Waals surface area contributed by atoms with Crippen LogP contribution in [-0.4, -0.2) is 36.7 Å². The summed E-state index contributed by atoms with van der Waals surface area (Å²) < 4.78 is 20.5. The molecule has 1 amide bonds. The van der Waals surface area contributed by atoms with Crippen LogP contribution in [0.1, 0.15) is 24.0 Å².